The maximum atomic E-state index is 13.8. The predicted octanol–water partition coefficient (Wildman–Crippen LogP) is 6.83. The van der Waals surface area contributed by atoms with Gasteiger partial charge in [0.05, 0.1) is 51.0 Å². The first-order chi connectivity index (χ1) is 27.7. The van der Waals surface area contributed by atoms with Crippen LogP contribution < -0.4 is 15.5 Å². The zero-order chi connectivity index (χ0) is 40.8. The summed E-state index contributed by atoms with van der Waals surface area (Å²) in [6.07, 6.45) is 7.08. The van der Waals surface area contributed by atoms with Crippen molar-refractivity contribution in [2.75, 3.05) is 44.9 Å². The van der Waals surface area contributed by atoms with Gasteiger partial charge in [0.25, 0.3) is 0 Å². The molecule has 0 saturated carbocycles. The van der Waals surface area contributed by atoms with Crippen LogP contribution >= 0.6 is 8.60 Å². The van der Waals surface area contributed by atoms with E-state index in [1.165, 1.54) is 14.0 Å². The SMILES string of the molecule is COOP(OCCCCCCNC(=O)CCCCCn1nnc2c1-c1ccccc1CN(C(=O)CCC(=O)NCCOCCC(C)=O)c1ccccc1-2)OC(C)C. The van der Waals surface area contributed by atoms with Crippen LogP contribution in [0.4, 0.5) is 5.69 Å². The number of ketones is 1. The molecule has 15 nitrogen and oxygen atoms in total. The summed E-state index contributed by atoms with van der Waals surface area (Å²) in [4.78, 5) is 56.3. The monoisotopic (exact) mass is 810 g/mol. The van der Waals surface area contributed by atoms with Crippen LogP contribution in [0.1, 0.15) is 97.0 Å². The van der Waals surface area contributed by atoms with Gasteiger partial charge in [0.15, 0.2) is 0 Å². The van der Waals surface area contributed by atoms with E-state index >= 15 is 0 Å². The first kappa shape index (κ1) is 45.6. The van der Waals surface area contributed by atoms with Gasteiger partial charge in [-0.05, 0) is 58.1 Å². The van der Waals surface area contributed by atoms with Gasteiger partial charge in [-0.2, -0.15) is 4.67 Å². The topological polar surface area (TPSA) is 172 Å². The van der Waals surface area contributed by atoms with E-state index in [9.17, 15) is 19.2 Å². The van der Waals surface area contributed by atoms with Crippen LogP contribution in [0.2, 0.25) is 0 Å². The van der Waals surface area contributed by atoms with E-state index in [1.54, 1.807) is 4.90 Å². The number of anilines is 1. The summed E-state index contributed by atoms with van der Waals surface area (Å²) < 4.78 is 23.5. The first-order valence-electron chi connectivity index (χ1n) is 20.0. The Morgan fingerprint density at radius 3 is 2.30 bits per heavy atom. The fourth-order valence-corrected chi connectivity index (χ4v) is 7.16. The number of Topliss-reactive ketones (excluding diaryl/α,β-unsaturated/α-hetero) is 1. The highest BCUT2D eigenvalue weighted by Gasteiger charge is 2.29. The van der Waals surface area contributed by atoms with Crippen LogP contribution in [0.15, 0.2) is 48.5 Å². The molecule has 4 rings (SSSR count). The number of benzene rings is 2. The van der Waals surface area contributed by atoms with E-state index in [1.807, 2.05) is 67.1 Å². The predicted molar refractivity (Wildman–Crippen MR) is 218 cm³/mol. The first-order valence-corrected chi connectivity index (χ1v) is 21.1. The molecule has 0 bridgehead atoms. The maximum Gasteiger partial charge on any atom is 0.363 e. The Labute approximate surface area is 337 Å². The minimum absolute atomic E-state index is 0.0148. The standard InChI is InChI=1S/C41H59N6O9P/c1-31(2)55-57(56-52-4)54-27-15-6-5-13-24-42-37(49)20-8-7-14-26-47-41-34-17-10-9-16-33(34)30-46(36-19-12-11-18-35(36)40(41)44-45-47)39(51)22-21-38(50)43-25-29-53-28-23-32(3)48/h9-12,16-19,31H,5-8,13-15,20-30H2,1-4H3,(H,42,49)(H,43,50). The number of nitrogens with one attached hydrogen (secondary N) is 2. The molecule has 2 N–H and O–H groups in total. The molecule has 1 aliphatic rings. The largest absolute Gasteiger partial charge is 0.379 e. The van der Waals surface area contributed by atoms with Gasteiger partial charge in [-0.3, -0.25) is 19.2 Å². The second-order valence-electron chi connectivity index (χ2n) is 14.1. The molecule has 0 fully saturated rings. The number of carbonyl (C=O) groups excluding carboxylic acids is 4. The van der Waals surface area contributed by atoms with Crippen molar-refractivity contribution in [3.8, 4) is 22.5 Å². The molecule has 3 amide bonds. The average Bonchev–Trinajstić information content (AvgIpc) is 3.60. The number of nitrogens with zero attached hydrogens (tertiary/aromatic N) is 4. The molecule has 3 aromatic rings. The van der Waals surface area contributed by atoms with Crippen LogP contribution in [0.3, 0.4) is 0 Å². The third-order valence-corrected chi connectivity index (χ3v) is 10.4. The number of hydrogen-bond acceptors (Lipinski definition) is 11. The second-order valence-corrected chi connectivity index (χ2v) is 15.2. The van der Waals surface area contributed by atoms with Gasteiger partial charge in [-0.15, -0.1) is 5.10 Å². The van der Waals surface area contributed by atoms with Gasteiger partial charge in [0.2, 0.25) is 17.7 Å². The summed E-state index contributed by atoms with van der Waals surface area (Å²) in [5, 5.41) is 15.0. The minimum Gasteiger partial charge on any atom is -0.379 e. The Morgan fingerprint density at radius 1 is 0.789 bits per heavy atom. The molecule has 57 heavy (non-hydrogen) atoms. The van der Waals surface area contributed by atoms with Crippen LogP contribution in [0.5, 0.6) is 0 Å². The van der Waals surface area contributed by atoms with E-state index in [4.69, 9.17) is 18.5 Å². The molecule has 16 heteroatoms. The number of fused-ring (bicyclic) bond motifs is 5. The number of amides is 3. The lowest BCUT2D eigenvalue weighted by atomic mass is 9.95. The van der Waals surface area contributed by atoms with Crippen LogP contribution in [-0.4, -0.2) is 84.6 Å². The number of hydrogen-bond donors (Lipinski definition) is 2. The number of carbonyl (C=O) groups is 4. The highest BCUT2D eigenvalue weighted by atomic mass is 31.2. The van der Waals surface area contributed by atoms with Gasteiger partial charge < -0.3 is 29.3 Å². The third-order valence-electron chi connectivity index (χ3n) is 9.12. The van der Waals surface area contributed by atoms with Gasteiger partial charge in [-0.25, -0.2) is 9.57 Å². The van der Waals surface area contributed by atoms with E-state index in [0.29, 0.717) is 70.2 Å². The number of aromatic nitrogens is 3. The van der Waals surface area contributed by atoms with Gasteiger partial charge in [0.1, 0.15) is 11.5 Å². The van der Waals surface area contributed by atoms with Gasteiger partial charge in [-0.1, -0.05) is 66.9 Å². The van der Waals surface area contributed by atoms with Crippen molar-refractivity contribution in [1.82, 2.24) is 25.6 Å². The van der Waals surface area contributed by atoms with E-state index < -0.39 is 8.60 Å². The quantitative estimate of drug-likeness (QED) is 0.0358. The maximum absolute atomic E-state index is 13.8. The molecule has 1 unspecified atom stereocenters. The molecule has 0 radical (unpaired) electrons. The van der Waals surface area contributed by atoms with Crippen molar-refractivity contribution in [2.24, 2.45) is 0 Å². The van der Waals surface area contributed by atoms with E-state index in [-0.39, 0.29) is 42.5 Å². The molecule has 1 atom stereocenters. The summed E-state index contributed by atoms with van der Waals surface area (Å²) in [7, 11) is -0.0754. The Morgan fingerprint density at radius 2 is 1.51 bits per heavy atom. The van der Waals surface area contributed by atoms with Crippen molar-refractivity contribution in [3.63, 3.8) is 0 Å². The number of rotatable bonds is 27. The molecule has 0 saturated heterocycles. The Balaban J connectivity index is 1.24. The molecule has 1 aromatic heterocycles. The average molecular weight is 811 g/mol. The molecule has 312 valence electrons. The van der Waals surface area contributed by atoms with Crippen molar-refractivity contribution in [2.45, 2.75) is 111 Å². The fraction of sp³-hybridized carbons (Fsp3) is 0.561. The third kappa shape index (κ3) is 15.6. The van der Waals surface area contributed by atoms with E-state index in [0.717, 1.165) is 67.3 Å². The van der Waals surface area contributed by atoms with E-state index in [2.05, 4.69) is 25.8 Å². The lowest BCUT2D eigenvalue weighted by Gasteiger charge is -2.28. The summed E-state index contributed by atoms with van der Waals surface area (Å²) >= 11 is 0. The second kappa shape index (κ2) is 25.3. The molecular weight excluding hydrogens is 751 g/mol. The highest BCUT2D eigenvalue weighted by molar-refractivity contribution is 7.41. The molecule has 0 aliphatic carbocycles. The Bertz CT molecular complexity index is 1720. The normalized spacial score (nSPS) is 12.6. The summed E-state index contributed by atoms with van der Waals surface area (Å²) in [6.45, 7) is 8.39. The van der Waals surface area contributed by atoms with Crippen molar-refractivity contribution in [3.05, 3.63) is 54.1 Å². The lowest BCUT2D eigenvalue weighted by molar-refractivity contribution is -0.192. The number of unbranched alkanes of at least 4 members (excludes halogenated alkanes) is 5. The lowest BCUT2D eigenvalue weighted by Crippen LogP contribution is -2.34. The zero-order valence-electron chi connectivity index (χ0n) is 33.8. The van der Waals surface area contributed by atoms with Crippen LogP contribution in [0, 0.1) is 0 Å². The number of ether oxygens (including phenoxy) is 1. The van der Waals surface area contributed by atoms with Crippen LogP contribution in [-0.2, 0) is 55.6 Å². The van der Waals surface area contributed by atoms with Crippen molar-refractivity contribution < 1.29 is 42.5 Å². The molecule has 2 heterocycles. The molecule has 0 spiro atoms. The number of para-hydroxylation sites is 1. The van der Waals surface area contributed by atoms with Crippen molar-refractivity contribution in [1.29, 1.82) is 0 Å². The molecule has 2 aromatic carbocycles. The van der Waals surface area contributed by atoms with Crippen LogP contribution in [0.25, 0.3) is 22.5 Å². The molecular formula is C41H59N6O9P. The smallest absolute Gasteiger partial charge is 0.363 e. The minimum atomic E-state index is -1.51. The summed E-state index contributed by atoms with van der Waals surface area (Å²) in [5.74, 6) is -0.295. The summed E-state index contributed by atoms with van der Waals surface area (Å²) in [5.41, 5.74) is 4.99. The van der Waals surface area contributed by atoms with Crippen molar-refractivity contribution >= 4 is 37.8 Å². The van der Waals surface area contributed by atoms with Gasteiger partial charge >= 0.3 is 8.60 Å². The Kier molecular flexibility index (Phi) is 20.2. The summed E-state index contributed by atoms with van der Waals surface area (Å²) in [6, 6.07) is 15.6. The number of aryl methyl sites for hydroxylation is 1. The Hall–Kier alpha value is -4.11. The highest BCUT2D eigenvalue weighted by Crippen LogP contribution is 2.42. The fourth-order valence-electron chi connectivity index (χ4n) is 6.28. The molecule has 1 aliphatic heterocycles. The zero-order valence-corrected chi connectivity index (χ0v) is 34.7. The van der Waals surface area contributed by atoms with Gasteiger partial charge in [0, 0.05) is 56.4 Å².